The Bertz CT molecular complexity index is 2700. The first-order valence-electron chi connectivity index (χ1n) is 27.1. The van der Waals surface area contributed by atoms with E-state index in [4.69, 9.17) is 14.1 Å². The first-order valence-corrected chi connectivity index (χ1v) is 29.2. The summed E-state index contributed by atoms with van der Waals surface area (Å²) in [6.07, 6.45) is 3.53. The van der Waals surface area contributed by atoms with Crippen LogP contribution in [0.4, 0.5) is 0 Å². The summed E-state index contributed by atoms with van der Waals surface area (Å²) in [5.41, 5.74) is 11.6. The van der Waals surface area contributed by atoms with Crippen molar-refractivity contribution in [3.63, 3.8) is 0 Å². The molecular weight excluding hydrogens is 949 g/mol. The minimum absolute atomic E-state index is 0.0762. The molecule has 4 aromatic rings. The number of hydrogen-bond donors (Lipinski definition) is 3. The molecule has 402 valence electrons. The molecule has 6 bridgehead atoms. The standard InChI is InChI=1S/C58H84N8O7Si/c1-16-65-49-22-21-40-29-44(49)45(53(65)43-19-17-23-59-51(43)34(2)3)30-58(12,13)33-72-57(71)46-20-18-24-66(62-46)56(70)47(27-39-25-41(40)28-42(26-39)73-74(36(6)7,37(8)9)38(10)11)61-54(68)52(35(4)5)64(15)50(67)32-63(14)55(69)48-31-60-48/h17,19,21-23,25-26,28-29,34-38,46-48,52,60,62H,16,18,20,24,27,30-33H2,1-15H3,(H,61,68)/t46-,47-,48+,52-/m0/s1. The Balaban J connectivity index is 1.42. The zero-order valence-corrected chi connectivity index (χ0v) is 47.9. The van der Waals surface area contributed by atoms with Crippen LogP contribution in [0.15, 0.2) is 54.7 Å². The highest BCUT2D eigenvalue weighted by Gasteiger charge is 2.47. The van der Waals surface area contributed by atoms with Crippen LogP contribution in [-0.4, -0.2) is 127 Å². The molecule has 0 saturated carbocycles. The average Bonchev–Trinajstić information content (AvgIpc) is 4.16. The van der Waals surface area contributed by atoms with Crippen LogP contribution in [0.2, 0.25) is 16.6 Å². The van der Waals surface area contributed by atoms with E-state index in [1.54, 1.807) is 14.1 Å². The van der Waals surface area contributed by atoms with E-state index in [-0.39, 0.29) is 60.0 Å². The van der Waals surface area contributed by atoms with Gasteiger partial charge in [0.15, 0.2) is 0 Å². The van der Waals surface area contributed by atoms with Crippen molar-refractivity contribution in [1.82, 2.24) is 40.4 Å². The molecule has 0 spiro atoms. The molecule has 7 rings (SSSR count). The number of hydrazine groups is 1. The molecular formula is C58H84N8O7Si. The molecule has 15 nitrogen and oxygen atoms in total. The van der Waals surface area contributed by atoms with Crippen molar-refractivity contribution in [1.29, 1.82) is 0 Å². The number of amides is 4. The lowest BCUT2D eigenvalue weighted by molar-refractivity contribution is -0.155. The molecule has 3 N–H and O–H groups in total. The predicted octanol–water partition coefficient (Wildman–Crippen LogP) is 8.63. The second kappa shape index (κ2) is 22.7. The molecule has 2 aromatic carbocycles. The van der Waals surface area contributed by atoms with Gasteiger partial charge in [-0.05, 0) is 113 Å². The average molecular weight is 1030 g/mol. The lowest BCUT2D eigenvalue weighted by Gasteiger charge is -2.42. The van der Waals surface area contributed by atoms with E-state index in [2.05, 4.69) is 133 Å². The normalized spacial score (nSPS) is 19.7. The van der Waals surface area contributed by atoms with Crippen molar-refractivity contribution in [3.8, 4) is 28.1 Å². The first-order chi connectivity index (χ1) is 34.9. The number of nitrogens with one attached hydrogen (secondary N) is 3. The molecule has 0 aliphatic carbocycles. The van der Waals surface area contributed by atoms with Gasteiger partial charge in [-0.25, -0.2) is 5.43 Å². The number of likely N-dealkylation sites (N-methyl/N-ethyl adjacent to an activating group) is 2. The van der Waals surface area contributed by atoms with Gasteiger partial charge in [-0.15, -0.1) is 0 Å². The molecule has 5 heterocycles. The van der Waals surface area contributed by atoms with Crippen LogP contribution in [0.3, 0.4) is 0 Å². The molecule has 74 heavy (non-hydrogen) atoms. The van der Waals surface area contributed by atoms with Crippen molar-refractivity contribution >= 4 is 48.8 Å². The Morgan fingerprint density at radius 2 is 1.64 bits per heavy atom. The van der Waals surface area contributed by atoms with Crippen LogP contribution >= 0.6 is 0 Å². The Kier molecular flexibility index (Phi) is 17.2. The predicted molar refractivity (Wildman–Crippen MR) is 295 cm³/mol. The third kappa shape index (κ3) is 11.8. The van der Waals surface area contributed by atoms with Crippen LogP contribution < -0.4 is 20.5 Å². The van der Waals surface area contributed by atoms with E-state index >= 15 is 4.79 Å². The molecule has 4 atom stereocenters. The lowest BCUT2D eigenvalue weighted by atomic mass is 9.83. The number of nitrogens with zero attached hydrogens (tertiary/aromatic N) is 5. The highest BCUT2D eigenvalue weighted by molar-refractivity contribution is 6.78. The van der Waals surface area contributed by atoms with Gasteiger partial charge in [-0.2, -0.15) is 0 Å². The number of ether oxygens (including phenoxy) is 1. The number of aromatic nitrogens is 2. The minimum atomic E-state index is -2.53. The number of benzene rings is 2. The third-order valence-corrected chi connectivity index (χ3v) is 21.6. The molecule has 3 aliphatic rings. The van der Waals surface area contributed by atoms with Crippen LogP contribution in [0, 0.1) is 11.3 Å². The van der Waals surface area contributed by atoms with E-state index in [1.165, 1.54) is 14.8 Å². The van der Waals surface area contributed by atoms with Crippen LogP contribution in [0.1, 0.15) is 126 Å². The first kappa shape index (κ1) is 56.2. The van der Waals surface area contributed by atoms with Crippen LogP contribution in [0.25, 0.3) is 33.3 Å². The minimum Gasteiger partial charge on any atom is -0.543 e. The largest absolute Gasteiger partial charge is 0.543 e. The molecule has 2 saturated heterocycles. The van der Waals surface area contributed by atoms with Gasteiger partial charge in [0.05, 0.1) is 30.6 Å². The highest BCUT2D eigenvalue weighted by Crippen LogP contribution is 2.45. The van der Waals surface area contributed by atoms with Crippen molar-refractivity contribution < 1.29 is 33.1 Å². The lowest BCUT2D eigenvalue weighted by Crippen LogP contribution is -2.62. The number of fused-ring (bicyclic) bond motifs is 6. The summed E-state index contributed by atoms with van der Waals surface area (Å²) in [5.74, 6) is -1.45. The molecule has 3 aliphatic heterocycles. The molecule has 0 radical (unpaired) electrons. The van der Waals surface area contributed by atoms with Gasteiger partial charge in [0, 0.05) is 68.2 Å². The fourth-order valence-corrected chi connectivity index (χ4v) is 17.2. The SMILES string of the molecule is CCn1c(-c2cccnc2C(C)C)c2c3cc(ccc31)-c1cc(cc(O[Si](C(C)C)(C(C)C)C(C)C)c1)C[C@H](NC(=O)[C@H](C(C)C)N(C)C(=O)CN(C)C(=O)[C@H]1CN1)C(=O)N1CCC[C@H](N1)C(=O)OCC(C)(C)C2. The van der Waals surface area contributed by atoms with Gasteiger partial charge in [0.2, 0.25) is 17.7 Å². The second-order valence-corrected chi connectivity index (χ2v) is 28.9. The van der Waals surface area contributed by atoms with Gasteiger partial charge in [0.1, 0.15) is 23.9 Å². The van der Waals surface area contributed by atoms with Gasteiger partial charge in [-0.1, -0.05) is 95.2 Å². The Labute approximate surface area is 441 Å². The summed E-state index contributed by atoms with van der Waals surface area (Å²) >= 11 is 0. The van der Waals surface area contributed by atoms with E-state index in [0.717, 1.165) is 50.1 Å². The van der Waals surface area contributed by atoms with Crippen LogP contribution in [0.5, 0.6) is 5.75 Å². The zero-order chi connectivity index (χ0) is 54.1. The van der Waals surface area contributed by atoms with Gasteiger partial charge >= 0.3 is 5.97 Å². The van der Waals surface area contributed by atoms with Crippen LogP contribution in [-0.2, 0) is 48.1 Å². The van der Waals surface area contributed by atoms with Crippen molar-refractivity contribution in [2.24, 2.45) is 11.3 Å². The number of aryl methyl sites for hydroxylation is 1. The summed E-state index contributed by atoms with van der Waals surface area (Å²) < 4.78 is 16.1. The monoisotopic (exact) mass is 1030 g/mol. The van der Waals surface area contributed by atoms with E-state index in [1.807, 2.05) is 32.2 Å². The van der Waals surface area contributed by atoms with Crippen molar-refractivity contribution in [3.05, 3.63) is 71.5 Å². The quantitative estimate of drug-likeness (QED) is 0.0594. The summed E-state index contributed by atoms with van der Waals surface area (Å²) in [6.45, 7) is 29.6. The maximum atomic E-state index is 15.2. The Morgan fingerprint density at radius 1 is 0.946 bits per heavy atom. The number of cyclic esters (lactones) is 1. The summed E-state index contributed by atoms with van der Waals surface area (Å²) in [5, 5.41) is 8.65. The number of pyridine rings is 1. The third-order valence-electron chi connectivity index (χ3n) is 15.6. The number of rotatable bonds is 15. The summed E-state index contributed by atoms with van der Waals surface area (Å²) in [6, 6.07) is 13.9. The zero-order valence-electron chi connectivity index (χ0n) is 46.9. The van der Waals surface area contributed by atoms with Gasteiger partial charge in [0.25, 0.3) is 14.2 Å². The summed E-state index contributed by atoms with van der Waals surface area (Å²) in [4.78, 5) is 78.5. The Hall–Kier alpha value is -5.58. The van der Waals surface area contributed by atoms with Crippen molar-refractivity contribution in [2.45, 2.75) is 169 Å². The van der Waals surface area contributed by atoms with Gasteiger partial charge < -0.3 is 34.2 Å². The number of carbonyl (C=O) groups excluding carboxylic acids is 5. The van der Waals surface area contributed by atoms with Crippen molar-refractivity contribution in [2.75, 3.05) is 40.3 Å². The van der Waals surface area contributed by atoms with E-state index in [0.29, 0.717) is 44.6 Å². The Morgan fingerprint density at radius 3 is 2.26 bits per heavy atom. The number of carbonyl (C=O) groups is 5. The fraction of sp³-hybridized carbons (Fsp3) is 0.586. The van der Waals surface area contributed by atoms with E-state index in [9.17, 15) is 19.2 Å². The summed E-state index contributed by atoms with van der Waals surface area (Å²) in [7, 11) is 0.618. The maximum absolute atomic E-state index is 15.2. The number of hydrogen-bond acceptors (Lipinski definition) is 10. The molecule has 2 aromatic heterocycles. The highest BCUT2D eigenvalue weighted by atomic mass is 28.4. The van der Waals surface area contributed by atoms with E-state index < -0.39 is 55.5 Å². The topological polar surface area (TPSA) is 177 Å². The van der Waals surface area contributed by atoms with Gasteiger partial charge in [-0.3, -0.25) is 34.0 Å². The molecule has 4 amide bonds. The number of esters is 1. The second-order valence-electron chi connectivity index (χ2n) is 23.6. The molecule has 16 heteroatoms. The molecule has 2 fully saturated rings. The maximum Gasteiger partial charge on any atom is 0.324 e. The molecule has 0 unspecified atom stereocenters. The smallest absolute Gasteiger partial charge is 0.324 e. The fourth-order valence-electron chi connectivity index (χ4n) is 11.9.